The Morgan fingerprint density at radius 1 is 0.292 bits per heavy atom. The predicted octanol–water partition coefficient (Wildman–Crippen LogP) is 23.2. The van der Waals surface area contributed by atoms with Crippen LogP contribution < -0.4 is 33.2 Å². The molecule has 0 fully saturated rings. The molecule has 0 spiro atoms. The number of ether oxygens (including phenoxy) is 7. The Bertz CT molecular complexity index is 5180. The molecule has 0 radical (unpaired) electrons. The molecule has 17 nitrogen and oxygen atoms in total. The van der Waals surface area contributed by atoms with Gasteiger partial charge >= 0.3 is 11.9 Å². The number of benzene rings is 12. The van der Waals surface area contributed by atoms with Gasteiger partial charge in [-0.15, -0.1) is 0 Å². The van der Waals surface area contributed by atoms with Gasteiger partial charge in [0.05, 0.1) is 61.8 Å². The van der Waals surface area contributed by atoms with E-state index in [9.17, 15) is 45.0 Å². The minimum absolute atomic E-state index is 0.0457. The number of carbonyl (C=O) groups excluding carboxylic acids is 1. The number of methoxy groups -OCH3 is 7. The van der Waals surface area contributed by atoms with Crippen molar-refractivity contribution >= 4 is 78.5 Å². The second-order valence-electron chi connectivity index (χ2n) is 28.0. The first-order valence-corrected chi connectivity index (χ1v) is 38.2. The topological polar surface area (TPSA) is 257 Å². The van der Waals surface area contributed by atoms with Crippen LogP contribution in [0.15, 0.2) is 231 Å². The molecule has 0 atom stereocenters. The average molecular weight is 1620 g/mol. The normalized spacial score (nSPS) is 10.7. The molecule has 0 aliphatic rings. The van der Waals surface area contributed by atoms with E-state index in [-0.39, 0.29) is 35.0 Å². The second-order valence-corrected chi connectivity index (χ2v) is 28.0. The van der Waals surface area contributed by atoms with E-state index in [1.54, 1.807) is 110 Å². The Labute approximate surface area is 705 Å². The molecule has 12 aromatic carbocycles. The molecule has 0 aliphatic carbocycles. The number of phenolic OH excluding ortho intramolecular Hbond substituents is 5. The molecule has 0 saturated heterocycles. The van der Waals surface area contributed by atoms with Crippen LogP contribution in [0.1, 0.15) is 127 Å². The van der Waals surface area contributed by atoms with Crippen LogP contribution >= 0.6 is 0 Å². The van der Waals surface area contributed by atoms with Crippen LogP contribution in [0.5, 0.6) is 69.0 Å². The summed E-state index contributed by atoms with van der Waals surface area (Å²) in [5.41, 5.74) is 22.3. The Hall–Kier alpha value is -14.5. The van der Waals surface area contributed by atoms with Gasteiger partial charge in [-0.25, -0.2) is 4.79 Å². The highest BCUT2D eigenvalue weighted by molar-refractivity contribution is 6.20. The second kappa shape index (κ2) is 48.2. The summed E-state index contributed by atoms with van der Waals surface area (Å²) >= 11 is 0. The van der Waals surface area contributed by atoms with Crippen molar-refractivity contribution in [1.82, 2.24) is 0 Å². The summed E-state index contributed by atoms with van der Waals surface area (Å²) < 4.78 is 35.5. The summed E-state index contributed by atoms with van der Waals surface area (Å²) in [6.45, 7) is 20.0. The molecule has 12 rings (SSSR count). The number of hydrogen-bond acceptors (Lipinski definition) is 15. The molecule has 120 heavy (non-hydrogen) atoms. The molecule has 622 valence electrons. The fourth-order valence-corrected chi connectivity index (χ4v) is 11.8. The van der Waals surface area contributed by atoms with E-state index in [1.807, 2.05) is 154 Å². The molecular weight excluding hydrogens is 1510 g/mol. The van der Waals surface area contributed by atoms with E-state index in [0.717, 1.165) is 73.8 Å². The lowest BCUT2D eigenvalue weighted by Gasteiger charge is -2.09. The van der Waals surface area contributed by atoms with Crippen molar-refractivity contribution in [1.29, 1.82) is 0 Å². The number of phenols is 5. The minimum atomic E-state index is -1.04. The number of carboxylic acids is 2. The third-order valence-electron chi connectivity index (χ3n) is 18.5. The molecule has 17 heteroatoms. The zero-order chi connectivity index (χ0) is 88.0. The standard InChI is InChI=1S/C18H18O5.C18H20O.C17H18O2.C17H18O.C15H14O3.C9H10O3.C9H10O2/c1-11-8-12(10-16(23-3)17(11)19)9-15(18(20)21)13-4-6-14(22-2)7-5-13;1-13-11-17(12-14(2)15(13)3)6-5-16-7-9-18(19-4)10-8-16;1-12-10-15(11-13(2)17(12)18)5-4-14-6-8-16(19-3)9-7-14;1-13-10-14(2)12-16(11-13)5-4-15-6-8-17(18-3)9-7-15;1-18-15-6-4-11(5-7-15)2-3-12-8-13(16)10-14(17)9-12;1-6-3-7(5-10)4-8(12-2)9(6)11;1-7-2-4-8(5-3-7)6-9(10)11/h4-10,19H,1-3H3,(H,20,21);5-12H,1-4H3;4-11,18H,1-3H3;4-12H,1-3H3;2-10,16-17H,1H3;3-5,11H,1-2H3;2-5H,6H2,1H3,(H,10,11)/b15-9+;6-5+;2*5-4+;3-2+;;. The molecular formula is C103H108O17. The summed E-state index contributed by atoms with van der Waals surface area (Å²) in [6, 6.07) is 71.7. The van der Waals surface area contributed by atoms with Crippen LogP contribution in [0, 0.1) is 69.2 Å². The van der Waals surface area contributed by atoms with E-state index in [1.165, 1.54) is 76.4 Å². The first-order chi connectivity index (χ1) is 57.4. The number of aldehydes is 1. The van der Waals surface area contributed by atoms with Crippen LogP contribution in [0.25, 0.3) is 60.3 Å². The van der Waals surface area contributed by atoms with Gasteiger partial charge in [-0.2, -0.15) is 0 Å². The molecule has 0 saturated carbocycles. The molecule has 0 aromatic heterocycles. The van der Waals surface area contributed by atoms with Crippen LogP contribution in [0.3, 0.4) is 0 Å². The van der Waals surface area contributed by atoms with Crippen molar-refractivity contribution in [2.24, 2.45) is 0 Å². The Morgan fingerprint density at radius 2 is 0.592 bits per heavy atom. The van der Waals surface area contributed by atoms with Crippen molar-refractivity contribution in [2.75, 3.05) is 49.8 Å². The Morgan fingerprint density at radius 3 is 0.925 bits per heavy atom. The van der Waals surface area contributed by atoms with E-state index in [4.69, 9.17) is 38.3 Å². The third kappa shape index (κ3) is 31.6. The summed E-state index contributed by atoms with van der Waals surface area (Å²) in [7, 11) is 11.1. The molecule has 0 heterocycles. The first-order valence-electron chi connectivity index (χ1n) is 38.2. The molecule has 7 N–H and O–H groups in total. The van der Waals surface area contributed by atoms with Gasteiger partial charge in [-0.1, -0.05) is 181 Å². The van der Waals surface area contributed by atoms with Crippen LogP contribution in [0.4, 0.5) is 0 Å². The zero-order valence-corrected chi connectivity index (χ0v) is 71.1. The molecule has 0 aliphatic heterocycles. The number of carboxylic acid groups (broad SMARTS) is 2. The van der Waals surface area contributed by atoms with Crippen molar-refractivity contribution in [3.8, 4) is 69.0 Å². The van der Waals surface area contributed by atoms with Gasteiger partial charge in [0, 0.05) is 11.6 Å². The monoisotopic (exact) mass is 1620 g/mol. The van der Waals surface area contributed by atoms with Gasteiger partial charge in [-0.3, -0.25) is 9.59 Å². The summed E-state index contributed by atoms with van der Waals surface area (Å²) in [5, 5.41) is 65.6. The Kier molecular flexibility index (Phi) is 37.9. The van der Waals surface area contributed by atoms with Gasteiger partial charge in [-0.05, 0) is 285 Å². The maximum atomic E-state index is 11.6. The number of rotatable bonds is 21. The van der Waals surface area contributed by atoms with E-state index >= 15 is 0 Å². The van der Waals surface area contributed by atoms with Crippen molar-refractivity contribution < 1.29 is 83.3 Å². The average Bonchev–Trinajstić information content (AvgIpc) is 0.805. The van der Waals surface area contributed by atoms with Gasteiger partial charge in [0.1, 0.15) is 52.3 Å². The largest absolute Gasteiger partial charge is 0.508 e. The lowest BCUT2D eigenvalue weighted by Crippen LogP contribution is -2.00. The summed E-state index contributed by atoms with van der Waals surface area (Å²) in [6.07, 6.45) is 18.7. The number of hydrogen-bond donors (Lipinski definition) is 7. The molecule has 0 unspecified atom stereocenters. The number of aliphatic carboxylic acids is 2. The molecule has 0 amide bonds. The SMILES string of the molecule is COc1cc(C=O)cc(C)c1O.COc1ccc(/C(=C\c2cc(C)c(O)c(OC)c2)C(=O)O)cc1.COc1ccc(/C=C/c2cc(C)c(C)c(C)c2)cc1.COc1ccc(/C=C/c2cc(C)c(O)c(C)c2)cc1.COc1ccc(/C=C/c2cc(C)cc(C)c2)cc1.COc1ccc(/C=C/c2cc(O)cc(O)c2)cc1.Cc1ccc(CC(=O)O)cc1. The first kappa shape index (κ1) is 94.4. The fraction of sp³-hybridized carbons (Fsp3) is 0.175. The van der Waals surface area contributed by atoms with E-state index < -0.39 is 11.9 Å². The maximum absolute atomic E-state index is 11.6. The highest BCUT2D eigenvalue weighted by Crippen LogP contribution is 2.34. The van der Waals surface area contributed by atoms with Crippen LogP contribution in [-0.4, -0.2) is 104 Å². The Balaban J connectivity index is 0.000000219. The maximum Gasteiger partial charge on any atom is 0.336 e. The highest BCUT2D eigenvalue weighted by atomic mass is 16.5. The van der Waals surface area contributed by atoms with E-state index in [0.29, 0.717) is 50.8 Å². The highest BCUT2D eigenvalue weighted by Gasteiger charge is 2.14. The van der Waals surface area contributed by atoms with Gasteiger partial charge in [0.2, 0.25) is 0 Å². The van der Waals surface area contributed by atoms with Gasteiger partial charge in [0.25, 0.3) is 0 Å². The van der Waals surface area contributed by atoms with Crippen molar-refractivity contribution in [3.05, 3.63) is 353 Å². The van der Waals surface area contributed by atoms with Crippen LogP contribution in [-0.2, 0) is 16.0 Å². The fourth-order valence-electron chi connectivity index (χ4n) is 11.8. The van der Waals surface area contributed by atoms with Crippen LogP contribution in [0.2, 0.25) is 0 Å². The number of aromatic hydroxyl groups is 5. The zero-order valence-electron chi connectivity index (χ0n) is 71.1. The quantitative estimate of drug-likeness (QED) is 0.0200. The predicted molar refractivity (Wildman–Crippen MR) is 487 cm³/mol. The third-order valence-corrected chi connectivity index (χ3v) is 18.5. The number of aryl methyl sites for hydroxylation is 9. The van der Waals surface area contributed by atoms with E-state index in [2.05, 4.69) is 114 Å². The van der Waals surface area contributed by atoms with Gasteiger partial charge in [0.15, 0.2) is 23.0 Å². The summed E-state index contributed by atoms with van der Waals surface area (Å²) in [5.74, 6) is 3.50. The van der Waals surface area contributed by atoms with Crippen molar-refractivity contribution in [2.45, 2.75) is 75.7 Å². The molecule has 0 bridgehead atoms. The smallest absolute Gasteiger partial charge is 0.336 e. The lowest BCUT2D eigenvalue weighted by atomic mass is 10.00. The summed E-state index contributed by atoms with van der Waals surface area (Å²) in [4.78, 5) is 32.2. The number of carbonyl (C=O) groups is 3. The van der Waals surface area contributed by atoms with Gasteiger partial charge < -0.3 is 68.9 Å². The minimum Gasteiger partial charge on any atom is -0.508 e. The molecule has 12 aromatic rings. The lowest BCUT2D eigenvalue weighted by molar-refractivity contribution is -0.136. The van der Waals surface area contributed by atoms with Crippen molar-refractivity contribution in [3.63, 3.8) is 0 Å².